The third-order valence-electron chi connectivity index (χ3n) is 2.52. The van der Waals surface area contributed by atoms with Crippen LogP contribution in [0.4, 0.5) is 0 Å². The first-order valence-corrected chi connectivity index (χ1v) is 6.30. The van der Waals surface area contributed by atoms with Crippen LogP contribution in [0.3, 0.4) is 0 Å². The van der Waals surface area contributed by atoms with Crippen LogP contribution in [0.1, 0.15) is 27.7 Å². The summed E-state index contributed by atoms with van der Waals surface area (Å²) in [4.78, 5) is 6.58. The zero-order valence-corrected chi connectivity index (χ0v) is 14.2. The second-order valence-electron chi connectivity index (χ2n) is 4.30. The molecule has 0 rings (SSSR count). The van der Waals surface area contributed by atoms with Gasteiger partial charge >= 0.3 is 0 Å². The molecule has 17 heavy (non-hydrogen) atoms. The van der Waals surface area contributed by atoms with Crippen molar-refractivity contribution in [2.45, 2.75) is 27.7 Å². The standard InChI is InChI=1S/C12H28N4.HI/c1-6-16(7-2)9-8-14-12(13-5)15-10-11(3)4;/h11H,6-10H2,1-5H3,(H2,13,14,15);1H. The van der Waals surface area contributed by atoms with Crippen LogP contribution in [0.5, 0.6) is 0 Å². The summed E-state index contributed by atoms with van der Waals surface area (Å²) in [5, 5.41) is 6.62. The Bertz CT molecular complexity index is 191. The third-order valence-corrected chi connectivity index (χ3v) is 2.52. The highest BCUT2D eigenvalue weighted by Gasteiger charge is 2.01. The van der Waals surface area contributed by atoms with E-state index in [-0.39, 0.29) is 24.0 Å². The molecule has 0 aliphatic carbocycles. The van der Waals surface area contributed by atoms with Gasteiger partial charge in [-0.2, -0.15) is 0 Å². The molecule has 0 aliphatic heterocycles. The van der Waals surface area contributed by atoms with Gasteiger partial charge in [-0.15, -0.1) is 24.0 Å². The summed E-state index contributed by atoms with van der Waals surface area (Å²) < 4.78 is 0. The molecule has 0 fully saturated rings. The Labute approximate surface area is 124 Å². The second-order valence-corrected chi connectivity index (χ2v) is 4.30. The van der Waals surface area contributed by atoms with Crippen LogP contribution in [0.15, 0.2) is 4.99 Å². The first kappa shape index (κ1) is 19.3. The van der Waals surface area contributed by atoms with Gasteiger partial charge < -0.3 is 15.5 Å². The number of likely N-dealkylation sites (N-methyl/N-ethyl adjacent to an activating group) is 1. The van der Waals surface area contributed by atoms with E-state index in [1.54, 1.807) is 0 Å². The highest BCUT2D eigenvalue weighted by atomic mass is 127. The van der Waals surface area contributed by atoms with Gasteiger partial charge in [0.1, 0.15) is 0 Å². The van der Waals surface area contributed by atoms with E-state index >= 15 is 0 Å². The largest absolute Gasteiger partial charge is 0.356 e. The van der Waals surface area contributed by atoms with Gasteiger partial charge in [-0.1, -0.05) is 27.7 Å². The quantitative estimate of drug-likeness (QED) is 0.415. The highest BCUT2D eigenvalue weighted by Crippen LogP contribution is 1.87. The molecule has 0 aromatic carbocycles. The third kappa shape index (κ3) is 10.8. The topological polar surface area (TPSA) is 39.7 Å². The van der Waals surface area contributed by atoms with E-state index in [0.717, 1.165) is 38.7 Å². The van der Waals surface area contributed by atoms with Crippen molar-refractivity contribution in [2.24, 2.45) is 10.9 Å². The molecule has 0 unspecified atom stereocenters. The van der Waals surface area contributed by atoms with E-state index in [1.165, 1.54) is 0 Å². The minimum atomic E-state index is 0. The summed E-state index contributed by atoms with van der Waals surface area (Å²) >= 11 is 0. The second kappa shape index (κ2) is 12.4. The van der Waals surface area contributed by atoms with Gasteiger partial charge in [0.15, 0.2) is 5.96 Å². The molecular formula is C12H29IN4. The van der Waals surface area contributed by atoms with Crippen LogP contribution >= 0.6 is 24.0 Å². The Balaban J connectivity index is 0. The van der Waals surface area contributed by atoms with E-state index < -0.39 is 0 Å². The van der Waals surface area contributed by atoms with Gasteiger partial charge in [-0.25, -0.2) is 0 Å². The average Bonchev–Trinajstić information content (AvgIpc) is 2.28. The minimum absolute atomic E-state index is 0. The Morgan fingerprint density at radius 3 is 2.18 bits per heavy atom. The maximum atomic E-state index is 4.18. The molecule has 0 saturated heterocycles. The molecular weight excluding hydrogens is 327 g/mol. The maximum absolute atomic E-state index is 4.18. The number of nitrogens with zero attached hydrogens (tertiary/aromatic N) is 2. The Morgan fingerprint density at radius 2 is 1.76 bits per heavy atom. The van der Waals surface area contributed by atoms with Crippen molar-refractivity contribution in [1.82, 2.24) is 15.5 Å². The van der Waals surface area contributed by atoms with E-state index in [9.17, 15) is 0 Å². The first-order chi connectivity index (χ1) is 7.63. The molecule has 2 N–H and O–H groups in total. The van der Waals surface area contributed by atoms with Crippen molar-refractivity contribution in [3.05, 3.63) is 0 Å². The van der Waals surface area contributed by atoms with Crippen molar-refractivity contribution >= 4 is 29.9 Å². The fraction of sp³-hybridized carbons (Fsp3) is 0.917. The molecule has 0 atom stereocenters. The monoisotopic (exact) mass is 356 g/mol. The summed E-state index contributed by atoms with van der Waals surface area (Å²) in [5.41, 5.74) is 0. The van der Waals surface area contributed by atoms with Gasteiger partial charge in [0, 0.05) is 26.7 Å². The molecule has 0 aromatic rings. The SMILES string of the molecule is CCN(CC)CCNC(=NC)NCC(C)C.I. The summed E-state index contributed by atoms with van der Waals surface area (Å²) in [6, 6.07) is 0. The summed E-state index contributed by atoms with van der Waals surface area (Å²) in [6.45, 7) is 13.9. The first-order valence-electron chi connectivity index (χ1n) is 6.30. The summed E-state index contributed by atoms with van der Waals surface area (Å²) in [7, 11) is 1.81. The van der Waals surface area contributed by atoms with E-state index in [4.69, 9.17) is 0 Å². The molecule has 0 aromatic heterocycles. The number of rotatable bonds is 7. The van der Waals surface area contributed by atoms with Gasteiger partial charge in [-0.05, 0) is 19.0 Å². The van der Waals surface area contributed by atoms with Crippen molar-refractivity contribution in [3.63, 3.8) is 0 Å². The van der Waals surface area contributed by atoms with Crippen LogP contribution in [0, 0.1) is 5.92 Å². The van der Waals surface area contributed by atoms with Crippen LogP contribution in [-0.4, -0.2) is 50.6 Å². The highest BCUT2D eigenvalue weighted by molar-refractivity contribution is 14.0. The van der Waals surface area contributed by atoms with Crippen molar-refractivity contribution < 1.29 is 0 Å². The average molecular weight is 356 g/mol. The van der Waals surface area contributed by atoms with Gasteiger partial charge in [-0.3, -0.25) is 4.99 Å². The smallest absolute Gasteiger partial charge is 0.191 e. The van der Waals surface area contributed by atoms with Crippen molar-refractivity contribution in [2.75, 3.05) is 39.8 Å². The predicted octanol–water partition coefficient (Wildman–Crippen LogP) is 1.77. The van der Waals surface area contributed by atoms with E-state index in [0.29, 0.717) is 5.92 Å². The van der Waals surface area contributed by atoms with Gasteiger partial charge in [0.05, 0.1) is 0 Å². The van der Waals surface area contributed by atoms with Crippen LogP contribution in [0.25, 0.3) is 0 Å². The predicted molar refractivity (Wildman–Crippen MR) is 87.4 cm³/mol. The Hall–Kier alpha value is -0.0400. The molecule has 0 aliphatic rings. The van der Waals surface area contributed by atoms with Crippen molar-refractivity contribution in [3.8, 4) is 0 Å². The zero-order chi connectivity index (χ0) is 12.4. The molecule has 104 valence electrons. The van der Waals surface area contributed by atoms with Crippen LogP contribution in [0.2, 0.25) is 0 Å². The lowest BCUT2D eigenvalue weighted by Crippen LogP contribution is -2.42. The number of hydrogen-bond acceptors (Lipinski definition) is 2. The lowest BCUT2D eigenvalue weighted by Gasteiger charge is -2.19. The number of hydrogen-bond donors (Lipinski definition) is 2. The van der Waals surface area contributed by atoms with Crippen molar-refractivity contribution in [1.29, 1.82) is 0 Å². The molecule has 5 heteroatoms. The number of aliphatic imine (C=N–C) groups is 1. The Morgan fingerprint density at radius 1 is 1.18 bits per heavy atom. The van der Waals surface area contributed by atoms with Crippen LogP contribution in [-0.2, 0) is 0 Å². The fourth-order valence-electron chi connectivity index (χ4n) is 1.39. The lowest BCUT2D eigenvalue weighted by molar-refractivity contribution is 0.308. The van der Waals surface area contributed by atoms with E-state index in [2.05, 4.69) is 48.2 Å². The van der Waals surface area contributed by atoms with Gasteiger partial charge in [0.2, 0.25) is 0 Å². The number of halogens is 1. The number of nitrogens with one attached hydrogen (secondary N) is 2. The minimum Gasteiger partial charge on any atom is -0.356 e. The van der Waals surface area contributed by atoms with Gasteiger partial charge in [0.25, 0.3) is 0 Å². The molecule has 0 amide bonds. The van der Waals surface area contributed by atoms with E-state index in [1.807, 2.05) is 7.05 Å². The number of guanidine groups is 1. The molecule has 0 radical (unpaired) electrons. The van der Waals surface area contributed by atoms with Crippen LogP contribution < -0.4 is 10.6 Å². The molecule has 0 bridgehead atoms. The molecule has 4 nitrogen and oxygen atoms in total. The zero-order valence-electron chi connectivity index (χ0n) is 11.9. The molecule has 0 heterocycles. The molecule has 0 spiro atoms. The summed E-state index contributed by atoms with van der Waals surface area (Å²) in [5.74, 6) is 1.54. The lowest BCUT2D eigenvalue weighted by atomic mass is 10.2. The fourth-order valence-corrected chi connectivity index (χ4v) is 1.39. The molecule has 0 saturated carbocycles. The Kier molecular flexibility index (Phi) is 14.1. The maximum Gasteiger partial charge on any atom is 0.191 e. The summed E-state index contributed by atoms with van der Waals surface area (Å²) in [6.07, 6.45) is 0. The normalized spacial score (nSPS) is 11.6.